The maximum Gasteiger partial charge on any atom is 0.163 e. The Kier molecular flexibility index (Phi) is 9.90. The lowest BCUT2D eigenvalue weighted by Crippen LogP contribution is -2.33. The fourth-order valence-electron chi connectivity index (χ4n) is 4.17. The van der Waals surface area contributed by atoms with Gasteiger partial charge in [-0.05, 0) is 33.1 Å². The van der Waals surface area contributed by atoms with Gasteiger partial charge in [-0.15, -0.1) is 0 Å². The molecule has 0 unspecified atom stereocenters. The maximum atomic E-state index is 10.4. The molecule has 4 nitrogen and oxygen atoms in total. The standard InChI is InChI=1S/C22H42O4/c1-4-5-6-7-8-9-10-11-12-13-14-18(23)19-15-16-20(25-19)21-17-24-22(2,3)26-21/h18-21,23H,4-17H2,1-3H3/t18-,19+,20+,21-/m0/s1. The second-order valence-corrected chi connectivity index (χ2v) is 8.70. The molecule has 0 aromatic heterocycles. The molecule has 2 fully saturated rings. The van der Waals surface area contributed by atoms with Crippen LogP contribution in [0.3, 0.4) is 0 Å². The molecule has 4 heteroatoms. The molecule has 0 bridgehead atoms. The summed E-state index contributed by atoms with van der Waals surface area (Å²) in [6.07, 6.45) is 15.8. The highest BCUT2D eigenvalue weighted by molar-refractivity contribution is 4.86. The average molecular weight is 371 g/mol. The molecule has 0 spiro atoms. The van der Waals surface area contributed by atoms with Gasteiger partial charge in [0.05, 0.1) is 24.9 Å². The molecular formula is C22H42O4. The van der Waals surface area contributed by atoms with Crippen molar-refractivity contribution in [3.05, 3.63) is 0 Å². The molecule has 0 amide bonds. The van der Waals surface area contributed by atoms with Gasteiger partial charge < -0.3 is 19.3 Å². The number of unbranched alkanes of at least 4 members (excludes halogenated alkanes) is 9. The van der Waals surface area contributed by atoms with E-state index in [1.807, 2.05) is 13.8 Å². The number of ether oxygens (including phenoxy) is 3. The highest BCUT2D eigenvalue weighted by atomic mass is 16.7. The summed E-state index contributed by atoms with van der Waals surface area (Å²) in [4.78, 5) is 0. The smallest absolute Gasteiger partial charge is 0.163 e. The van der Waals surface area contributed by atoms with Gasteiger partial charge in [-0.2, -0.15) is 0 Å². The van der Waals surface area contributed by atoms with Crippen LogP contribution in [0, 0.1) is 0 Å². The van der Waals surface area contributed by atoms with Crippen LogP contribution in [0.5, 0.6) is 0 Å². The Morgan fingerprint density at radius 2 is 1.50 bits per heavy atom. The highest BCUT2D eigenvalue weighted by Gasteiger charge is 2.42. The van der Waals surface area contributed by atoms with E-state index >= 15 is 0 Å². The van der Waals surface area contributed by atoms with Crippen molar-refractivity contribution in [1.82, 2.24) is 0 Å². The minimum Gasteiger partial charge on any atom is -0.390 e. The fourth-order valence-corrected chi connectivity index (χ4v) is 4.17. The lowest BCUT2D eigenvalue weighted by molar-refractivity contribution is -0.158. The van der Waals surface area contributed by atoms with E-state index in [1.165, 1.54) is 57.8 Å². The van der Waals surface area contributed by atoms with Gasteiger partial charge in [0.1, 0.15) is 6.10 Å². The van der Waals surface area contributed by atoms with Crippen molar-refractivity contribution in [3.8, 4) is 0 Å². The third kappa shape index (κ3) is 7.84. The second-order valence-electron chi connectivity index (χ2n) is 8.70. The molecule has 0 aromatic rings. The number of aliphatic hydroxyl groups is 1. The monoisotopic (exact) mass is 370 g/mol. The van der Waals surface area contributed by atoms with Gasteiger partial charge in [0.15, 0.2) is 5.79 Å². The SMILES string of the molecule is CCCCCCCCCCCC[C@H](O)[C@H]1CC[C@H]([C@@H]2COC(C)(C)O2)O1. The first-order valence-corrected chi connectivity index (χ1v) is 11.2. The van der Waals surface area contributed by atoms with Gasteiger partial charge in [-0.3, -0.25) is 0 Å². The Morgan fingerprint density at radius 3 is 2.08 bits per heavy atom. The van der Waals surface area contributed by atoms with Crippen molar-refractivity contribution in [2.24, 2.45) is 0 Å². The molecule has 2 heterocycles. The van der Waals surface area contributed by atoms with E-state index in [1.54, 1.807) is 0 Å². The van der Waals surface area contributed by atoms with Gasteiger partial charge in [-0.25, -0.2) is 0 Å². The molecule has 0 saturated carbocycles. The molecule has 2 rings (SSSR count). The van der Waals surface area contributed by atoms with Gasteiger partial charge >= 0.3 is 0 Å². The molecular weight excluding hydrogens is 328 g/mol. The summed E-state index contributed by atoms with van der Waals surface area (Å²) < 4.78 is 17.6. The summed E-state index contributed by atoms with van der Waals surface area (Å²) in [5.41, 5.74) is 0. The van der Waals surface area contributed by atoms with Gasteiger partial charge in [0, 0.05) is 0 Å². The predicted molar refractivity (Wildman–Crippen MR) is 105 cm³/mol. The topological polar surface area (TPSA) is 47.9 Å². The summed E-state index contributed by atoms with van der Waals surface area (Å²) in [6, 6.07) is 0. The Balaban J connectivity index is 1.47. The van der Waals surface area contributed by atoms with Crippen LogP contribution >= 0.6 is 0 Å². The Bertz CT molecular complexity index is 371. The minimum atomic E-state index is -0.499. The zero-order valence-electron chi connectivity index (χ0n) is 17.4. The first kappa shape index (κ1) is 22.1. The maximum absolute atomic E-state index is 10.4. The molecule has 0 aliphatic carbocycles. The largest absolute Gasteiger partial charge is 0.390 e. The Hall–Kier alpha value is -0.160. The van der Waals surface area contributed by atoms with Crippen LogP contribution in [0.1, 0.15) is 104 Å². The van der Waals surface area contributed by atoms with Crippen molar-refractivity contribution in [2.75, 3.05) is 6.61 Å². The first-order chi connectivity index (χ1) is 12.5. The zero-order valence-corrected chi connectivity index (χ0v) is 17.4. The van der Waals surface area contributed by atoms with E-state index in [-0.39, 0.29) is 24.4 Å². The Morgan fingerprint density at radius 1 is 0.885 bits per heavy atom. The molecule has 4 atom stereocenters. The number of aliphatic hydroxyl groups excluding tert-OH is 1. The van der Waals surface area contributed by atoms with E-state index in [9.17, 15) is 5.11 Å². The lowest BCUT2D eigenvalue weighted by Gasteiger charge is -2.23. The number of hydrogen-bond donors (Lipinski definition) is 1. The molecule has 26 heavy (non-hydrogen) atoms. The van der Waals surface area contributed by atoms with Crippen LogP contribution in [-0.4, -0.2) is 41.9 Å². The van der Waals surface area contributed by atoms with Crippen molar-refractivity contribution < 1.29 is 19.3 Å². The fraction of sp³-hybridized carbons (Fsp3) is 1.00. The molecule has 0 aromatic carbocycles. The molecule has 2 saturated heterocycles. The molecule has 2 aliphatic rings. The van der Waals surface area contributed by atoms with Crippen LogP contribution in [0.2, 0.25) is 0 Å². The minimum absolute atomic E-state index is 0.0135. The van der Waals surface area contributed by atoms with E-state index in [0.29, 0.717) is 6.61 Å². The van der Waals surface area contributed by atoms with Gasteiger partial charge in [-0.1, -0.05) is 71.1 Å². The molecule has 0 radical (unpaired) electrons. The third-order valence-corrected chi connectivity index (χ3v) is 5.81. The normalized spacial score (nSPS) is 29.3. The molecule has 154 valence electrons. The van der Waals surface area contributed by atoms with E-state index in [0.717, 1.165) is 25.7 Å². The summed E-state index contributed by atoms with van der Waals surface area (Å²) in [5, 5.41) is 10.4. The van der Waals surface area contributed by atoms with Crippen molar-refractivity contribution in [2.45, 2.75) is 134 Å². The lowest BCUT2D eigenvalue weighted by atomic mass is 10.0. The Labute approximate surface area is 161 Å². The second kappa shape index (κ2) is 11.6. The highest BCUT2D eigenvalue weighted by Crippen LogP contribution is 2.33. The van der Waals surface area contributed by atoms with Gasteiger partial charge in [0.25, 0.3) is 0 Å². The summed E-state index contributed by atoms with van der Waals surface area (Å²) in [5.74, 6) is -0.499. The van der Waals surface area contributed by atoms with E-state index in [4.69, 9.17) is 14.2 Å². The predicted octanol–water partition coefficient (Wildman–Crippen LogP) is 5.36. The van der Waals surface area contributed by atoms with E-state index < -0.39 is 5.79 Å². The van der Waals surface area contributed by atoms with Crippen molar-refractivity contribution in [1.29, 1.82) is 0 Å². The quantitative estimate of drug-likeness (QED) is 0.444. The molecule has 2 aliphatic heterocycles. The average Bonchev–Trinajstić information content (AvgIpc) is 3.23. The van der Waals surface area contributed by atoms with Crippen molar-refractivity contribution >= 4 is 0 Å². The van der Waals surface area contributed by atoms with Crippen LogP contribution < -0.4 is 0 Å². The third-order valence-electron chi connectivity index (χ3n) is 5.81. The van der Waals surface area contributed by atoms with Gasteiger partial charge in [0.2, 0.25) is 0 Å². The van der Waals surface area contributed by atoms with Crippen LogP contribution in [0.4, 0.5) is 0 Å². The van der Waals surface area contributed by atoms with E-state index in [2.05, 4.69) is 6.92 Å². The first-order valence-electron chi connectivity index (χ1n) is 11.2. The zero-order chi connectivity index (χ0) is 18.8. The molecule has 1 N–H and O–H groups in total. The van der Waals surface area contributed by atoms with Crippen LogP contribution in [0.15, 0.2) is 0 Å². The van der Waals surface area contributed by atoms with Crippen molar-refractivity contribution in [3.63, 3.8) is 0 Å². The summed E-state index contributed by atoms with van der Waals surface area (Å²) in [7, 11) is 0. The number of rotatable bonds is 13. The van der Waals surface area contributed by atoms with Crippen LogP contribution in [0.25, 0.3) is 0 Å². The number of hydrogen-bond acceptors (Lipinski definition) is 4. The summed E-state index contributed by atoms with van der Waals surface area (Å²) >= 11 is 0. The summed E-state index contributed by atoms with van der Waals surface area (Å²) in [6.45, 7) is 6.75. The van der Waals surface area contributed by atoms with Crippen LogP contribution in [-0.2, 0) is 14.2 Å².